The van der Waals surface area contributed by atoms with Crippen LogP contribution in [0.2, 0.25) is 0 Å². The van der Waals surface area contributed by atoms with Gasteiger partial charge in [0.05, 0.1) is 6.20 Å². The summed E-state index contributed by atoms with van der Waals surface area (Å²) in [6, 6.07) is 1.32. The SMILES string of the molecule is Fc1cncc(SCl)c1. The first-order valence-corrected chi connectivity index (χ1v) is 3.86. The number of halogens is 2. The van der Waals surface area contributed by atoms with E-state index in [1.165, 1.54) is 12.3 Å². The van der Waals surface area contributed by atoms with Crippen molar-refractivity contribution in [2.75, 3.05) is 0 Å². The molecule has 0 fully saturated rings. The summed E-state index contributed by atoms with van der Waals surface area (Å²) in [5, 5.41) is 0. The van der Waals surface area contributed by atoms with Gasteiger partial charge in [-0.15, -0.1) is 0 Å². The Balaban J connectivity index is 2.94. The third-order valence-electron chi connectivity index (χ3n) is 0.769. The van der Waals surface area contributed by atoms with Crippen molar-refractivity contribution < 1.29 is 4.39 Å². The molecule has 0 aliphatic carbocycles. The van der Waals surface area contributed by atoms with Crippen LogP contribution in [0.3, 0.4) is 0 Å². The van der Waals surface area contributed by atoms with E-state index in [-0.39, 0.29) is 5.82 Å². The Bertz CT molecular complexity index is 206. The molecule has 1 rings (SSSR count). The van der Waals surface area contributed by atoms with E-state index < -0.39 is 0 Å². The lowest BCUT2D eigenvalue weighted by molar-refractivity contribution is 0.617. The number of pyridine rings is 1. The number of hydrogen-bond donors (Lipinski definition) is 0. The molecule has 0 spiro atoms. The smallest absolute Gasteiger partial charge is 0.142 e. The summed E-state index contributed by atoms with van der Waals surface area (Å²) in [4.78, 5) is 4.20. The summed E-state index contributed by atoms with van der Waals surface area (Å²) < 4.78 is 12.2. The molecule has 0 saturated heterocycles. The quantitative estimate of drug-likeness (QED) is 0.631. The molecular weight excluding hydrogens is 161 g/mol. The molecule has 4 heteroatoms. The second kappa shape index (κ2) is 3.03. The Morgan fingerprint density at radius 1 is 1.56 bits per heavy atom. The second-order valence-electron chi connectivity index (χ2n) is 1.42. The highest BCUT2D eigenvalue weighted by Crippen LogP contribution is 2.20. The Hall–Kier alpha value is -0.280. The van der Waals surface area contributed by atoms with Crippen LogP contribution in [0.1, 0.15) is 0 Å². The normalized spacial score (nSPS) is 9.56. The zero-order chi connectivity index (χ0) is 6.69. The molecule has 1 nitrogen and oxygen atoms in total. The molecule has 48 valence electrons. The van der Waals surface area contributed by atoms with Gasteiger partial charge >= 0.3 is 0 Å². The van der Waals surface area contributed by atoms with Gasteiger partial charge in [-0.3, -0.25) is 4.98 Å². The van der Waals surface area contributed by atoms with Gasteiger partial charge in [0.1, 0.15) is 5.82 Å². The number of aromatic nitrogens is 1. The molecular formula is C5H3ClFNS. The van der Waals surface area contributed by atoms with Crippen LogP contribution in [0, 0.1) is 5.82 Å². The summed E-state index contributed by atoms with van der Waals surface area (Å²) in [5.74, 6) is -0.361. The molecule has 0 aliphatic rings. The fraction of sp³-hybridized carbons (Fsp3) is 0. The number of hydrogen-bond acceptors (Lipinski definition) is 2. The first kappa shape index (κ1) is 6.83. The van der Waals surface area contributed by atoms with Crippen molar-refractivity contribution in [1.29, 1.82) is 0 Å². The molecule has 0 aromatic carbocycles. The molecule has 0 N–H and O–H groups in total. The van der Waals surface area contributed by atoms with Gasteiger partial charge in [-0.05, 0) is 27.7 Å². The minimum atomic E-state index is -0.361. The van der Waals surface area contributed by atoms with Crippen LogP contribution in [-0.2, 0) is 0 Å². The van der Waals surface area contributed by atoms with Gasteiger partial charge < -0.3 is 0 Å². The van der Waals surface area contributed by atoms with Crippen LogP contribution in [-0.4, -0.2) is 4.98 Å². The van der Waals surface area contributed by atoms with Crippen molar-refractivity contribution in [1.82, 2.24) is 4.98 Å². The lowest BCUT2D eigenvalue weighted by atomic mass is 10.5. The highest BCUT2D eigenvalue weighted by Gasteiger charge is 1.92. The van der Waals surface area contributed by atoms with E-state index in [1.54, 1.807) is 0 Å². The van der Waals surface area contributed by atoms with Crippen molar-refractivity contribution >= 4 is 21.7 Å². The number of rotatable bonds is 1. The summed E-state index contributed by atoms with van der Waals surface area (Å²) in [5.41, 5.74) is 0. The summed E-state index contributed by atoms with van der Waals surface area (Å²) >= 11 is 0. The van der Waals surface area contributed by atoms with E-state index >= 15 is 0 Å². The molecule has 0 radical (unpaired) electrons. The van der Waals surface area contributed by atoms with Crippen LogP contribution in [0.5, 0.6) is 0 Å². The van der Waals surface area contributed by atoms with Crippen molar-refractivity contribution in [2.24, 2.45) is 0 Å². The predicted molar refractivity (Wildman–Crippen MR) is 35.9 cm³/mol. The van der Waals surface area contributed by atoms with Gasteiger partial charge in [-0.25, -0.2) is 4.39 Å². The van der Waals surface area contributed by atoms with Crippen molar-refractivity contribution in [3.8, 4) is 0 Å². The zero-order valence-corrected chi connectivity index (χ0v) is 5.92. The average Bonchev–Trinajstić information content (AvgIpc) is 1.88. The number of nitrogens with zero attached hydrogens (tertiary/aromatic N) is 1. The topological polar surface area (TPSA) is 12.9 Å². The molecule has 0 saturated carbocycles. The van der Waals surface area contributed by atoms with Gasteiger partial charge in [0.25, 0.3) is 0 Å². The molecule has 1 aromatic rings. The Kier molecular flexibility index (Phi) is 2.30. The molecule has 0 unspecified atom stereocenters. The first-order chi connectivity index (χ1) is 4.33. The predicted octanol–water partition coefficient (Wildman–Crippen LogP) is 2.47. The first-order valence-electron chi connectivity index (χ1n) is 2.22. The zero-order valence-electron chi connectivity index (χ0n) is 4.34. The van der Waals surface area contributed by atoms with Gasteiger partial charge in [-0.1, -0.05) is 0 Å². The highest BCUT2D eigenvalue weighted by molar-refractivity contribution is 8.21. The molecule has 0 atom stereocenters. The lowest BCUT2D eigenvalue weighted by Crippen LogP contribution is -1.76. The molecule has 0 bridgehead atoms. The van der Waals surface area contributed by atoms with Crippen LogP contribution < -0.4 is 0 Å². The lowest BCUT2D eigenvalue weighted by Gasteiger charge is -1.89. The average molecular weight is 164 g/mol. The van der Waals surface area contributed by atoms with E-state index in [0.717, 1.165) is 17.2 Å². The van der Waals surface area contributed by atoms with E-state index in [9.17, 15) is 4.39 Å². The van der Waals surface area contributed by atoms with Crippen LogP contribution >= 0.6 is 21.7 Å². The fourth-order valence-corrected chi connectivity index (χ4v) is 0.946. The monoisotopic (exact) mass is 163 g/mol. The standard InChI is InChI=1S/C5H3ClFNS/c6-9-5-1-4(7)2-8-3-5/h1-3H. The minimum Gasteiger partial charge on any atom is -0.260 e. The Labute approximate surface area is 60.7 Å². The second-order valence-corrected chi connectivity index (χ2v) is 2.50. The molecule has 0 aliphatic heterocycles. The Morgan fingerprint density at radius 2 is 2.33 bits per heavy atom. The summed E-state index contributed by atoms with van der Waals surface area (Å²) in [6.45, 7) is 0. The van der Waals surface area contributed by atoms with E-state index in [4.69, 9.17) is 10.7 Å². The van der Waals surface area contributed by atoms with Crippen LogP contribution in [0.15, 0.2) is 23.4 Å². The van der Waals surface area contributed by atoms with E-state index in [2.05, 4.69) is 4.98 Å². The van der Waals surface area contributed by atoms with Crippen LogP contribution in [0.4, 0.5) is 4.39 Å². The molecule has 1 aromatic heterocycles. The van der Waals surface area contributed by atoms with Crippen molar-refractivity contribution in [3.05, 3.63) is 24.3 Å². The van der Waals surface area contributed by atoms with Gasteiger partial charge in [0.2, 0.25) is 0 Å². The maximum absolute atomic E-state index is 12.2. The third kappa shape index (κ3) is 1.84. The largest absolute Gasteiger partial charge is 0.260 e. The molecule has 1 heterocycles. The maximum Gasteiger partial charge on any atom is 0.142 e. The van der Waals surface area contributed by atoms with Gasteiger partial charge in [-0.2, -0.15) is 0 Å². The van der Waals surface area contributed by atoms with Crippen LogP contribution in [0.25, 0.3) is 0 Å². The Morgan fingerprint density at radius 3 is 2.78 bits per heavy atom. The minimum absolute atomic E-state index is 0.361. The summed E-state index contributed by atoms with van der Waals surface area (Å²) in [7, 11) is 6.26. The fourth-order valence-electron chi connectivity index (χ4n) is 0.435. The van der Waals surface area contributed by atoms with Crippen molar-refractivity contribution in [3.63, 3.8) is 0 Å². The maximum atomic E-state index is 12.2. The molecule has 0 amide bonds. The molecule has 9 heavy (non-hydrogen) atoms. The van der Waals surface area contributed by atoms with E-state index in [1.807, 2.05) is 0 Å². The van der Waals surface area contributed by atoms with Gasteiger partial charge in [0.15, 0.2) is 0 Å². The van der Waals surface area contributed by atoms with Gasteiger partial charge in [0, 0.05) is 11.1 Å². The third-order valence-corrected chi connectivity index (χ3v) is 1.70. The van der Waals surface area contributed by atoms with Crippen molar-refractivity contribution in [2.45, 2.75) is 4.90 Å². The highest BCUT2D eigenvalue weighted by atomic mass is 35.7. The van der Waals surface area contributed by atoms with E-state index in [0.29, 0.717) is 4.90 Å². The summed E-state index contributed by atoms with van der Waals surface area (Å²) in [6.07, 6.45) is 2.64.